The number of hydrogen-bond donors (Lipinski definition) is 2. The van der Waals surface area contributed by atoms with E-state index in [-0.39, 0.29) is 12.6 Å². The van der Waals surface area contributed by atoms with E-state index in [1.807, 2.05) is 13.0 Å². The molecule has 0 aromatic carbocycles. The number of aliphatic hydroxyl groups is 1. The van der Waals surface area contributed by atoms with Crippen molar-refractivity contribution in [1.82, 2.24) is 4.98 Å². The second kappa shape index (κ2) is 5.41. The van der Waals surface area contributed by atoms with Crippen LogP contribution in [0.2, 0.25) is 0 Å². The molecule has 4 rings (SSSR count). The van der Waals surface area contributed by atoms with Gasteiger partial charge in [0.2, 0.25) is 0 Å². The average Bonchev–Trinajstić information content (AvgIpc) is 2.37. The molecule has 4 heterocycles. The van der Waals surface area contributed by atoms with E-state index in [0.717, 1.165) is 28.3 Å². The number of piperidine rings is 1. The van der Waals surface area contributed by atoms with Crippen LogP contribution in [0.5, 0.6) is 0 Å². The highest BCUT2D eigenvalue weighted by Gasteiger charge is 2.38. The van der Waals surface area contributed by atoms with Crippen LogP contribution in [0, 0.1) is 3.57 Å². The van der Waals surface area contributed by atoms with E-state index in [0.29, 0.717) is 12.2 Å². The minimum absolute atomic E-state index is 0.0108. The van der Waals surface area contributed by atoms with Crippen LogP contribution in [0.15, 0.2) is 12.1 Å². The smallest absolute Gasteiger partial charge is 0.132 e. The lowest BCUT2D eigenvalue weighted by Crippen LogP contribution is -2.57. The molecule has 5 nitrogen and oxygen atoms in total. The van der Waals surface area contributed by atoms with Crippen LogP contribution in [0.4, 0.5) is 11.6 Å². The van der Waals surface area contributed by atoms with Gasteiger partial charge in [-0.3, -0.25) is 0 Å². The monoisotopic (exact) mass is 375 g/mol. The molecule has 3 aliphatic heterocycles. The number of nitrogens with one attached hydrogen (secondary N) is 1. The van der Waals surface area contributed by atoms with E-state index in [1.165, 1.54) is 6.42 Å². The van der Waals surface area contributed by atoms with Crippen molar-refractivity contribution in [3.63, 3.8) is 0 Å². The Morgan fingerprint density at radius 2 is 2.21 bits per heavy atom. The number of anilines is 2. The van der Waals surface area contributed by atoms with Gasteiger partial charge in [0.25, 0.3) is 0 Å². The molecule has 1 aromatic rings. The maximum absolute atomic E-state index is 9.10. The van der Waals surface area contributed by atoms with Crippen molar-refractivity contribution in [2.45, 2.75) is 31.6 Å². The fraction of sp³-hybridized carbons (Fsp3) is 0.615. The average molecular weight is 375 g/mol. The molecule has 3 aliphatic rings. The van der Waals surface area contributed by atoms with Gasteiger partial charge >= 0.3 is 0 Å². The fourth-order valence-electron chi connectivity index (χ4n) is 2.56. The van der Waals surface area contributed by atoms with Gasteiger partial charge in [0.15, 0.2) is 0 Å². The molecule has 0 saturated carbocycles. The minimum atomic E-state index is 0.0108. The number of aliphatic hydroxyl groups excluding tert-OH is 1. The van der Waals surface area contributed by atoms with Gasteiger partial charge in [-0.25, -0.2) is 4.98 Å². The van der Waals surface area contributed by atoms with Crippen LogP contribution >= 0.6 is 22.6 Å². The number of rotatable bonds is 4. The predicted octanol–water partition coefficient (Wildman–Crippen LogP) is 1.46. The summed E-state index contributed by atoms with van der Waals surface area (Å²) in [5.41, 5.74) is 0. The molecule has 0 amide bonds. The first-order valence-electron chi connectivity index (χ1n) is 6.59. The molecule has 1 aromatic heterocycles. The SMILES string of the molecule is C[C@H](CO)Nc1cc(I)cc(N2CC3CC(C2)O3)n1. The molecule has 104 valence electrons. The molecule has 0 radical (unpaired) electrons. The van der Waals surface area contributed by atoms with Gasteiger partial charge in [0.05, 0.1) is 18.8 Å². The van der Waals surface area contributed by atoms with Crippen molar-refractivity contribution in [2.75, 3.05) is 29.9 Å². The first kappa shape index (κ1) is 13.4. The summed E-state index contributed by atoms with van der Waals surface area (Å²) in [6, 6.07) is 4.11. The third-order valence-corrected chi connectivity index (χ3v) is 4.15. The summed E-state index contributed by atoms with van der Waals surface area (Å²) in [5.74, 6) is 1.82. The van der Waals surface area contributed by atoms with Crippen LogP contribution in [-0.4, -0.2) is 48.0 Å². The van der Waals surface area contributed by atoms with Crippen molar-refractivity contribution in [2.24, 2.45) is 0 Å². The molecule has 19 heavy (non-hydrogen) atoms. The third kappa shape index (κ3) is 2.95. The summed E-state index contributed by atoms with van der Waals surface area (Å²) in [6.07, 6.45) is 1.95. The van der Waals surface area contributed by atoms with Gasteiger partial charge in [-0.1, -0.05) is 0 Å². The summed E-state index contributed by atoms with van der Waals surface area (Å²) in [5, 5.41) is 12.3. The molecular weight excluding hydrogens is 357 g/mol. The Labute approximate surface area is 126 Å². The Balaban J connectivity index is 1.77. The standard InChI is InChI=1S/C13H18IN3O2/c1-8(7-18)15-12-2-9(14)3-13(16-12)17-5-10-4-11(6-17)19-10/h2-3,8,10-11,18H,4-7H2,1H3,(H,15,16)/t8-,10?,11?/m1/s1. The highest BCUT2D eigenvalue weighted by Crippen LogP contribution is 2.31. The van der Waals surface area contributed by atoms with Gasteiger partial charge < -0.3 is 20.1 Å². The number of fused-ring (bicyclic) bond motifs is 2. The van der Waals surface area contributed by atoms with Crippen LogP contribution < -0.4 is 10.2 Å². The number of halogens is 1. The first-order chi connectivity index (χ1) is 9.14. The molecule has 6 heteroatoms. The zero-order chi connectivity index (χ0) is 13.4. The highest BCUT2D eigenvalue weighted by molar-refractivity contribution is 14.1. The molecule has 3 fully saturated rings. The summed E-state index contributed by atoms with van der Waals surface area (Å²) in [7, 11) is 0. The van der Waals surface area contributed by atoms with Crippen molar-refractivity contribution >= 4 is 34.2 Å². The van der Waals surface area contributed by atoms with Crippen molar-refractivity contribution in [1.29, 1.82) is 0 Å². The lowest BCUT2D eigenvalue weighted by molar-refractivity contribution is -0.133. The Hall–Kier alpha value is -0.600. The van der Waals surface area contributed by atoms with Crippen molar-refractivity contribution in [3.05, 3.63) is 15.7 Å². The Kier molecular flexibility index (Phi) is 3.81. The van der Waals surface area contributed by atoms with E-state index in [4.69, 9.17) is 9.84 Å². The maximum atomic E-state index is 9.10. The number of aromatic nitrogens is 1. The van der Waals surface area contributed by atoms with Gasteiger partial charge in [0.1, 0.15) is 11.6 Å². The lowest BCUT2D eigenvalue weighted by Gasteiger charge is -2.47. The maximum Gasteiger partial charge on any atom is 0.132 e. The van der Waals surface area contributed by atoms with Crippen LogP contribution in [0.25, 0.3) is 0 Å². The molecular formula is C13H18IN3O2. The number of ether oxygens (including phenoxy) is 1. The Bertz CT molecular complexity index is 455. The number of pyridine rings is 1. The molecule has 2 N–H and O–H groups in total. The van der Waals surface area contributed by atoms with Crippen molar-refractivity contribution < 1.29 is 9.84 Å². The van der Waals surface area contributed by atoms with E-state index < -0.39 is 0 Å². The molecule has 3 atom stereocenters. The topological polar surface area (TPSA) is 57.6 Å². The van der Waals surface area contributed by atoms with Gasteiger partial charge in [0, 0.05) is 29.1 Å². The van der Waals surface area contributed by atoms with E-state index >= 15 is 0 Å². The van der Waals surface area contributed by atoms with Crippen LogP contribution in [0.1, 0.15) is 13.3 Å². The zero-order valence-electron chi connectivity index (χ0n) is 10.8. The second-order valence-corrected chi connectivity index (χ2v) is 6.52. The van der Waals surface area contributed by atoms with Gasteiger partial charge in [-0.2, -0.15) is 0 Å². The van der Waals surface area contributed by atoms with E-state index in [1.54, 1.807) is 0 Å². The Morgan fingerprint density at radius 3 is 2.84 bits per heavy atom. The summed E-state index contributed by atoms with van der Waals surface area (Å²) in [6.45, 7) is 3.90. The quantitative estimate of drug-likeness (QED) is 0.781. The van der Waals surface area contributed by atoms with E-state index in [9.17, 15) is 0 Å². The molecule has 0 spiro atoms. The van der Waals surface area contributed by atoms with Crippen LogP contribution in [0.3, 0.4) is 0 Å². The lowest BCUT2D eigenvalue weighted by atomic mass is 9.99. The zero-order valence-corrected chi connectivity index (χ0v) is 13.0. The molecule has 3 saturated heterocycles. The summed E-state index contributed by atoms with van der Waals surface area (Å²) in [4.78, 5) is 6.93. The van der Waals surface area contributed by atoms with Gasteiger partial charge in [-0.05, 0) is 41.6 Å². The summed E-state index contributed by atoms with van der Waals surface area (Å²) < 4.78 is 6.80. The second-order valence-electron chi connectivity index (χ2n) is 5.28. The number of hydrogen-bond acceptors (Lipinski definition) is 5. The van der Waals surface area contributed by atoms with E-state index in [2.05, 4.69) is 43.9 Å². The number of morpholine rings is 1. The molecule has 0 aliphatic carbocycles. The Morgan fingerprint density at radius 1 is 1.53 bits per heavy atom. The third-order valence-electron chi connectivity index (χ3n) is 3.53. The van der Waals surface area contributed by atoms with Crippen molar-refractivity contribution in [3.8, 4) is 0 Å². The minimum Gasteiger partial charge on any atom is -0.394 e. The molecule has 2 unspecified atom stereocenters. The van der Waals surface area contributed by atoms with Gasteiger partial charge in [-0.15, -0.1) is 0 Å². The summed E-state index contributed by atoms with van der Waals surface area (Å²) >= 11 is 2.30. The normalized spacial score (nSPS) is 26.8. The largest absolute Gasteiger partial charge is 0.394 e. The van der Waals surface area contributed by atoms with Crippen LogP contribution in [-0.2, 0) is 4.74 Å². The predicted molar refractivity (Wildman–Crippen MR) is 82.6 cm³/mol. The first-order valence-corrected chi connectivity index (χ1v) is 7.67. The highest BCUT2D eigenvalue weighted by atomic mass is 127. The number of nitrogens with zero attached hydrogens (tertiary/aromatic N) is 2. The molecule has 2 bridgehead atoms. The fourth-order valence-corrected chi connectivity index (χ4v) is 3.13.